The van der Waals surface area contributed by atoms with E-state index < -0.39 is 10.8 Å². The van der Waals surface area contributed by atoms with Crippen LogP contribution in [0.2, 0.25) is 0 Å². The van der Waals surface area contributed by atoms with E-state index in [1.165, 1.54) is 0 Å². The molecule has 0 aliphatic heterocycles. The highest BCUT2D eigenvalue weighted by atomic mass is 79.9. The lowest BCUT2D eigenvalue weighted by atomic mass is 10.2. The van der Waals surface area contributed by atoms with Crippen molar-refractivity contribution in [3.8, 4) is 0 Å². The van der Waals surface area contributed by atoms with Gasteiger partial charge in [-0.05, 0) is 24.6 Å². The molecule has 11 heavy (non-hydrogen) atoms. The predicted octanol–water partition coefficient (Wildman–Crippen LogP) is 2.46. The smallest absolute Gasteiger partial charge is 0.0836 e. The van der Waals surface area contributed by atoms with Crippen LogP contribution in [0, 0.1) is 6.92 Å². The highest BCUT2D eigenvalue weighted by Gasteiger charge is 1.99. The molecule has 0 radical (unpaired) electrons. The summed E-state index contributed by atoms with van der Waals surface area (Å²) >= 11 is 3.18. The van der Waals surface area contributed by atoms with Crippen LogP contribution in [0.4, 0.5) is 0 Å². The quantitative estimate of drug-likeness (QED) is 0.717. The molecule has 60 valence electrons. The Labute approximate surface area is 77.4 Å². The van der Waals surface area contributed by atoms with E-state index >= 15 is 0 Å². The summed E-state index contributed by atoms with van der Waals surface area (Å²) in [6.45, 7) is 1.99. The zero-order chi connectivity index (χ0) is 8.27. The Bertz CT molecular complexity index is 273. The Balaban J connectivity index is 2.96. The second-order valence-corrected chi connectivity index (χ2v) is 5.03. The summed E-state index contributed by atoms with van der Waals surface area (Å²) < 4.78 is 11.7. The van der Waals surface area contributed by atoms with Gasteiger partial charge in [0.15, 0.2) is 0 Å². The Morgan fingerprint density at radius 3 is 2.82 bits per heavy atom. The molecular weight excluding hydrogens is 224 g/mol. The standard InChI is InChI=1S/C8H9BrOS/c1-7-3-2-4-8(5-7)11(10)6-9/h2-5H,6H2,1H3. The van der Waals surface area contributed by atoms with Crippen molar-refractivity contribution in [2.45, 2.75) is 11.8 Å². The zero-order valence-corrected chi connectivity index (χ0v) is 8.61. The van der Waals surface area contributed by atoms with Gasteiger partial charge in [-0.15, -0.1) is 0 Å². The van der Waals surface area contributed by atoms with E-state index in [4.69, 9.17) is 0 Å². The van der Waals surface area contributed by atoms with Gasteiger partial charge in [-0.3, -0.25) is 4.21 Å². The van der Waals surface area contributed by atoms with Crippen LogP contribution in [0.3, 0.4) is 0 Å². The molecule has 0 saturated heterocycles. The van der Waals surface area contributed by atoms with Gasteiger partial charge >= 0.3 is 0 Å². The van der Waals surface area contributed by atoms with Gasteiger partial charge in [0, 0.05) is 4.90 Å². The van der Waals surface area contributed by atoms with Gasteiger partial charge in [0.2, 0.25) is 0 Å². The average Bonchev–Trinajstić information content (AvgIpc) is 2.03. The monoisotopic (exact) mass is 232 g/mol. The maximum atomic E-state index is 11.2. The lowest BCUT2D eigenvalue weighted by Gasteiger charge is -1.98. The van der Waals surface area contributed by atoms with Crippen LogP contribution in [-0.2, 0) is 10.8 Å². The number of aryl methyl sites for hydroxylation is 1. The van der Waals surface area contributed by atoms with Crippen molar-refractivity contribution in [3.05, 3.63) is 29.8 Å². The number of benzene rings is 1. The van der Waals surface area contributed by atoms with Gasteiger partial charge in [0.1, 0.15) is 0 Å². The highest BCUT2D eigenvalue weighted by molar-refractivity contribution is 9.10. The largest absolute Gasteiger partial charge is 0.253 e. The lowest BCUT2D eigenvalue weighted by Crippen LogP contribution is -1.91. The molecule has 0 fully saturated rings. The van der Waals surface area contributed by atoms with Gasteiger partial charge in [0.25, 0.3) is 0 Å². The average molecular weight is 233 g/mol. The van der Waals surface area contributed by atoms with Gasteiger partial charge in [-0.25, -0.2) is 0 Å². The van der Waals surface area contributed by atoms with Gasteiger partial charge < -0.3 is 0 Å². The van der Waals surface area contributed by atoms with Crippen LogP contribution in [-0.4, -0.2) is 8.87 Å². The molecule has 1 atom stereocenters. The highest BCUT2D eigenvalue weighted by Crippen LogP contribution is 2.10. The number of alkyl halides is 1. The molecule has 1 aromatic carbocycles. The van der Waals surface area contributed by atoms with Crippen LogP contribution >= 0.6 is 15.9 Å². The van der Waals surface area contributed by atoms with Crippen molar-refractivity contribution in [3.63, 3.8) is 0 Å². The fraction of sp³-hybridized carbons (Fsp3) is 0.250. The third-order valence-electron chi connectivity index (χ3n) is 1.35. The first kappa shape index (κ1) is 8.94. The maximum Gasteiger partial charge on any atom is 0.0836 e. The van der Waals surface area contributed by atoms with Crippen LogP contribution < -0.4 is 0 Å². The fourth-order valence-corrected chi connectivity index (χ4v) is 2.29. The van der Waals surface area contributed by atoms with Crippen molar-refractivity contribution in [2.75, 3.05) is 4.66 Å². The van der Waals surface area contributed by atoms with E-state index in [2.05, 4.69) is 15.9 Å². The van der Waals surface area contributed by atoms with Crippen molar-refractivity contribution in [1.29, 1.82) is 0 Å². The molecule has 1 aromatic rings. The molecule has 0 spiro atoms. The van der Waals surface area contributed by atoms with Crippen LogP contribution in [0.5, 0.6) is 0 Å². The van der Waals surface area contributed by atoms with Gasteiger partial charge in [-0.1, -0.05) is 28.1 Å². The molecule has 1 nitrogen and oxygen atoms in total. The minimum absolute atomic E-state index is 0.510. The van der Waals surface area contributed by atoms with Gasteiger partial charge in [0.05, 0.1) is 15.5 Å². The first-order chi connectivity index (χ1) is 5.24. The zero-order valence-electron chi connectivity index (χ0n) is 6.21. The molecule has 0 heterocycles. The first-order valence-electron chi connectivity index (χ1n) is 3.25. The SMILES string of the molecule is Cc1cccc(S(=O)CBr)c1. The second kappa shape index (κ2) is 4.02. The number of halogens is 1. The topological polar surface area (TPSA) is 17.1 Å². The number of hydrogen-bond donors (Lipinski definition) is 0. The Hall–Kier alpha value is -0.150. The molecule has 1 rings (SSSR count). The summed E-state index contributed by atoms with van der Waals surface area (Å²) in [6.07, 6.45) is 0. The number of rotatable bonds is 2. The summed E-state index contributed by atoms with van der Waals surface area (Å²) in [5.74, 6) is 0. The minimum Gasteiger partial charge on any atom is -0.253 e. The van der Waals surface area contributed by atoms with E-state index in [0.29, 0.717) is 4.66 Å². The summed E-state index contributed by atoms with van der Waals surface area (Å²) in [4.78, 5) is 0.891. The molecule has 0 aliphatic carbocycles. The summed E-state index contributed by atoms with van der Waals surface area (Å²) in [5, 5.41) is 0. The molecule has 1 unspecified atom stereocenters. The molecule has 0 aromatic heterocycles. The molecular formula is C8H9BrOS. The molecule has 0 amide bonds. The molecule has 0 aliphatic rings. The lowest BCUT2D eigenvalue weighted by molar-refractivity contribution is 0.686. The Morgan fingerprint density at radius 2 is 2.27 bits per heavy atom. The van der Waals surface area contributed by atoms with Crippen molar-refractivity contribution < 1.29 is 4.21 Å². The minimum atomic E-state index is -0.884. The normalized spacial score (nSPS) is 12.9. The number of hydrogen-bond acceptors (Lipinski definition) is 1. The molecule has 0 N–H and O–H groups in total. The molecule has 3 heteroatoms. The molecule has 0 bridgehead atoms. The summed E-state index contributed by atoms with van der Waals surface area (Å²) in [6, 6.07) is 7.74. The van der Waals surface area contributed by atoms with E-state index in [9.17, 15) is 4.21 Å². The van der Waals surface area contributed by atoms with E-state index in [-0.39, 0.29) is 0 Å². The fourth-order valence-electron chi connectivity index (χ4n) is 0.820. The second-order valence-electron chi connectivity index (χ2n) is 2.27. The first-order valence-corrected chi connectivity index (χ1v) is 5.69. The third-order valence-corrected chi connectivity index (χ3v) is 3.58. The Kier molecular flexibility index (Phi) is 3.27. The summed E-state index contributed by atoms with van der Waals surface area (Å²) in [7, 11) is -0.884. The predicted molar refractivity (Wildman–Crippen MR) is 51.4 cm³/mol. The van der Waals surface area contributed by atoms with Crippen LogP contribution in [0.1, 0.15) is 5.56 Å². The maximum absolute atomic E-state index is 11.2. The van der Waals surface area contributed by atoms with E-state index in [1.807, 2.05) is 31.2 Å². The van der Waals surface area contributed by atoms with E-state index in [0.717, 1.165) is 10.5 Å². The van der Waals surface area contributed by atoms with Crippen molar-refractivity contribution in [1.82, 2.24) is 0 Å². The molecule has 0 saturated carbocycles. The third kappa shape index (κ3) is 2.42. The van der Waals surface area contributed by atoms with Crippen LogP contribution in [0.15, 0.2) is 29.2 Å². The van der Waals surface area contributed by atoms with Crippen LogP contribution in [0.25, 0.3) is 0 Å². The summed E-state index contributed by atoms with van der Waals surface area (Å²) in [5.41, 5.74) is 1.15. The Morgan fingerprint density at radius 1 is 1.55 bits per heavy atom. The van der Waals surface area contributed by atoms with Crippen molar-refractivity contribution >= 4 is 26.7 Å². The van der Waals surface area contributed by atoms with Crippen molar-refractivity contribution in [2.24, 2.45) is 0 Å². The van der Waals surface area contributed by atoms with Gasteiger partial charge in [-0.2, -0.15) is 0 Å². The van der Waals surface area contributed by atoms with E-state index in [1.54, 1.807) is 0 Å².